The van der Waals surface area contributed by atoms with Gasteiger partial charge >= 0.3 is 11.9 Å². The summed E-state index contributed by atoms with van der Waals surface area (Å²) in [5, 5.41) is 9.47. The van der Waals surface area contributed by atoms with Gasteiger partial charge in [0.05, 0.1) is 6.61 Å². The molecule has 0 radical (unpaired) electrons. The molecule has 56 heavy (non-hydrogen) atoms. The number of allylic oxidation sites excluding steroid dienone is 22. The standard InChI is InChI=1S/C51H78O5/c1-3-5-7-9-10-11-12-13-14-15-16-17-18-19-20-21-22-23-24-25-26-27-28-29-30-31-32-33-34-35-36-37-38-39-40-42-44-46-51(54)56-49(47-52)48-55-50(53)45-43-41-8-6-4-2/h5,7,10-11,13-14,16-17,19-20,22-23,25-26,28-29,31-32,34-35,37-38,49,52H,3-4,6,8-9,12,15,18,21,24,27,30,33,36,39-48H2,1-2H3/b7-5-,11-10-,14-13-,17-16-,20-19-,23-22-,26-25-,29-28-,32-31-,35-34-,38-37-. The number of hydrogen-bond donors (Lipinski definition) is 1. The second kappa shape index (κ2) is 45.4. The molecular formula is C51H78O5. The van der Waals surface area contributed by atoms with Crippen molar-refractivity contribution in [2.75, 3.05) is 13.2 Å². The SMILES string of the molecule is CC/C=C\C/C=C\C/C=C\C/C=C\C/C=C\C/C=C\C/C=C\C/C=C\C/C=C\C/C=C\C/C=C\CCCCCC(=O)OC(CO)COC(=O)CCCCCCC. The molecule has 0 saturated heterocycles. The second-order valence-corrected chi connectivity index (χ2v) is 13.7. The molecule has 0 spiro atoms. The van der Waals surface area contributed by atoms with E-state index in [4.69, 9.17) is 9.47 Å². The van der Waals surface area contributed by atoms with Crippen LogP contribution < -0.4 is 0 Å². The molecule has 1 N–H and O–H groups in total. The third-order valence-corrected chi connectivity index (χ3v) is 8.46. The van der Waals surface area contributed by atoms with Crippen molar-refractivity contribution in [3.63, 3.8) is 0 Å². The van der Waals surface area contributed by atoms with E-state index in [-0.39, 0.29) is 25.2 Å². The van der Waals surface area contributed by atoms with E-state index in [2.05, 4.69) is 148 Å². The molecule has 1 atom stereocenters. The van der Waals surface area contributed by atoms with Crippen LogP contribution in [0.5, 0.6) is 0 Å². The smallest absolute Gasteiger partial charge is 0.306 e. The molecule has 0 aliphatic heterocycles. The van der Waals surface area contributed by atoms with E-state index >= 15 is 0 Å². The first kappa shape index (κ1) is 52.0. The van der Waals surface area contributed by atoms with Crippen LogP contribution in [0.1, 0.15) is 155 Å². The van der Waals surface area contributed by atoms with Gasteiger partial charge in [0, 0.05) is 12.8 Å². The van der Waals surface area contributed by atoms with Crippen molar-refractivity contribution in [3.8, 4) is 0 Å². The van der Waals surface area contributed by atoms with Crippen LogP contribution in [0.3, 0.4) is 0 Å². The third-order valence-electron chi connectivity index (χ3n) is 8.46. The van der Waals surface area contributed by atoms with Crippen molar-refractivity contribution < 1.29 is 24.2 Å². The molecule has 0 amide bonds. The molecule has 0 saturated carbocycles. The summed E-state index contributed by atoms with van der Waals surface area (Å²) >= 11 is 0. The van der Waals surface area contributed by atoms with Crippen LogP contribution >= 0.6 is 0 Å². The van der Waals surface area contributed by atoms with E-state index in [9.17, 15) is 14.7 Å². The van der Waals surface area contributed by atoms with Crippen molar-refractivity contribution in [1.29, 1.82) is 0 Å². The summed E-state index contributed by atoms with van der Waals surface area (Å²) in [5.74, 6) is -0.658. The minimum Gasteiger partial charge on any atom is -0.462 e. The monoisotopic (exact) mass is 771 g/mol. The average Bonchev–Trinajstić information content (AvgIpc) is 3.20. The molecule has 0 aromatic rings. The van der Waals surface area contributed by atoms with Crippen LogP contribution in [0, 0.1) is 0 Å². The maximum atomic E-state index is 12.1. The summed E-state index contributed by atoms with van der Waals surface area (Å²) in [4.78, 5) is 24.0. The Labute approximate surface area is 343 Å². The number of esters is 2. The van der Waals surface area contributed by atoms with Gasteiger partial charge in [0.2, 0.25) is 0 Å². The molecule has 5 heteroatoms. The van der Waals surface area contributed by atoms with Gasteiger partial charge in [-0.15, -0.1) is 0 Å². The molecule has 1 unspecified atom stereocenters. The zero-order chi connectivity index (χ0) is 40.7. The lowest BCUT2D eigenvalue weighted by Crippen LogP contribution is -2.28. The van der Waals surface area contributed by atoms with Gasteiger partial charge in [-0.25, -0.2) is 0 Å². The molecule has 0 heterocycles. The Kier molecular flexibility index (Phi) is 42.2. The first-order valence-electron chi connectivity index (χ1n) is 21.7. The van der Waals surface area contributed by atoms with Gasteiger partial charge in [0.1, 0.15) is 6.61 Å². The van der Waals surface area contributed by atoms with E-state index in [1.54, 1.807) is 0 Å². The Hall–Kier alpha value is -3.96. The van der Waals surface area contributed by atoms with Gasteiger partial charge in [0.25, 0.3) is 0 Å². The van der Waals surface area contributed by atoms with Gasteiger partial charge in [-0.05, 0) is 96.3 Å². The van der Waals surface area contributed by atoms with Gasteiger partial charge in [-0.2, -0.15) is 0 Å². The molecule has 0 aliphatic carbocycles. The lowest BCUT2D eigenvalue weighted by atomic mass is 10.1. The van der Waals surface area contributed by atoms with Crippen molar-refractivity contribution in [1.82, 2.24) is 0 Å². The lowest BCUT2D eigenvalue weighted by Gasteiger charge is -2.15. The maximum Gasteiger partial charge on any atom is 0.306 e. The van der Waals surface area contributed by atoms with E-state index < -0.39 is 6.10 Å². The number of carbonyl (C=O) groups is 2. The number of carbonyl (C=O) groups excluding carboxylic acids is 2. The van der Waals surface area contributed by atoms with E-state index in [1.165, 1.54) is 6.42 Å². The Morgan fingerprint density at radius 3 is 1.14 bits per heavy atom. The zero-order valence-electron chi connectivity index (χ0n) is 35.3. The molecule has 0 fully saturated rings. The van der Waals surface area contributed by atoms with Crippen LogP contribution in [0.25, 0.3) is 0 Å². The summed E-state index contributed by atoms with van der Waals surface area (Å²) in [5.41, 5.74) is 0. The average molecular weight is 771 g/mol. The largest absolute Gasteiger partial charge is 0.462 e. The molecule has 312 valence electrons. The van der Waals surface area contributed by atoms with Crippen molar-refractivity contribution >= 4 is 11.9 Å². The summed E-state index contributed by atoms with van der Waals surface area (Å²) in [6.07, 6.45) is 68.6. The van der Waals surface area contributed by atoms with E-state index in [1.807, 2.05) is 0 Å². The van der Waals surface area contributed by atoms with Crippen molar-refractivity contribution in [2.45, 2.75) is 161 Å². The Balaban J connectivity index is 3.70. The third kappa shape index (κ3) is 42.8. The predicted molar refractivity (Wildman–Crippen MR) is 241 cm³/mol. The van der Waals surface area contributed by atoms with Crippen LogP contribution in [0.2, 0.25) is 0 Å². The Morgan fingerprint density at radius 1 is 0.429 bits per heavy atom. The minimum absolute atomic E-state index is 0.0886. The molecule has 5 nitrogen and oxygen atoms in total. The van der Waals surface area contributed by atoms with Crippen LogP contribution in [0.15, 0.2) is 134 Å². The number of ether oxygens (including phenoxy) is 2. The fourth-order valence-electron chi connectivity index (χ4n) is 5.20. The number of rotatable bonds is 37. The molecule has 0 aliphatic rings. The predicted octanol–water partition coefficient (Wildman–Crippen LogP) is 14.2. The number of aliphatic hydroxyl groups excluding tert-OH is 1. The van der Waals surface area contributed by atoms with Crippen molar-refractivity contribution in [2.24, 2.45) is 0 Å². The highest BCUT2D eigenvalue weighted by Crippen LogP contribution is 2.09. The molecule has 0 bridgehead atoms. The quantitative estimate of drug-likeness (QED) is 0.0387. The van der Waals surface area contributed by atoms with Gasteiger partial charge in [-0.3, -0.25) is 9.59 Å². The molecule has 0 aromatic carbocycles. The fraction of sp³-hybridized carbons (Fsp3) is 0.529. The molecular weight excluding hydrogens is 693 g/mol. The Morgan fingerprint density at radius 2 is 0.768 bits per heavy atom. The van der Waals surface area contributed by atoms with Gasteiger partial charge in [0.15, 0.2) is 6.10 Å². The number of hydrogen-bond acceptors (Lipinski definition) is 5. The maximum absolute atomic E-state index is 12.1. The zero-order valence-corrected chi connectivity index (χ0v) is 35.3. The topological polar surface area (TPSA) is 72.8 Å². The summed E-state index contributed by atoms with van der Waals surface area (Å²) in [7, 11) is 0. The highest BCUT2D eigenvalue weighted by molar-refractivity contribution is 5.70. The summed E-state index contributed by atoms with van der Waals surface area (Å²) < 4.78 is 10.5. The Bertz CT molecular complexity index is 1240. The van der Waals surface area contributed by atoms with Gasteiger partial charge < -0.3 is 14.6 Å². The first-order chi connectivity index (χ1) is 27.6. The number of unbranched alkanes of at least 4 members (excludes halogenated alkanes) is 7. The lowest BCUT2D eigenvalue weighted by molar-refractivity contribution is -0.161. The minimum atomic E-state index is -0.793. The van der Waals surface area contributed by atoms with Crippen LogP contribution in [-0.2, 0) is 19.1 Å². The number of aliphatic hydroxyl groups is 1. The molecule has 0 rings (SSSR count). The van der Waals surface area contributed by atoms with E-state index in [0.717, 1.165) is 122 Å². The summed E-state index contributed by atoms with van der Waals surface area (Å²) in [6, 6.07) is 0. The van der Waals surface area contributed by atoms with Gasteiger partial charge in [-0.1, -0.05) is 180 Å². The van der Waals surface area contributed by atoms with Crippen molar-refractivity contribution in [3.05, 3.63) is 134 Å². The molecule has 0 aromatic heterocycles. The summed E-state index contributed by atoms with van der Waals surface area (Å²) in [6.45, 7) is 3.87. The highest BCUT2D eigenvalue weighted by atomic mass is 16.6. The van der Waals surface area contributed by atoms with Crippen LogP contribution in [0.4, 0.5) is 0 Å². The fourth-order valence-corrected chi connectivity index (χ4v) is 5.20. The van der Waals surface area contributed by atoms with E-state index in [0.29, 0.717) is 12.8 Å². The highest BCUT2D eigenvalue weighted by Gasteiger charge is 2.16. The first-order valence-corrected chi connectivity index (χ1v) is 21.7. The second-order valence-electron chi connectivity index (χ2n) is 13.7. The van der Waals surface area contributed by atoms with Crippen LogP contribution in [-0.4, -0.2) is 36.4 Å². The normalized spacial score (nSPS) is 13.6.